The molecule has 1 aliphatic carbocycles. The highest BCUT2D eigenvalue weighted by Gasteiger charge is 2.34. The molecule has 0 aliphatic heterocycles. The number of nitrogens with two attached hydrogens (primary N) is 2. The first-order valence-corrected chi connectivity index (χ1v) is 5.54. The van der Waals surface area contributed by atoms with Crippen molar-refractivity contribution in [3.05, 3.63) is 0 Å². The number of rotatable bonds is 4. The van der Waals surface area contributed by atoms with Gasteiger partial charge in [0, 0.05) is 0 Å². The van der Waals surface area contributed by atoms with Crippen LogP contribution in [0.15, 0.2) is 0 Å². The van der Waals surface area contributed by atoms with Crippen molar-refractivity contribution in [2.75, 3.05) is 13.2 Å². The molecule has 5 N–H and O–H groups in total. The third-order valence-electron chi connectivity index (χ3n) is 2.83. The second-order valence-corrected chi connectivity index (χ2v) is 4.14. The van der Waals surface area contributed by atoms with Crippen molar-refractivity contribution in [1.29, 1.82) is 0 Å². The predicted octanol–water partition coefficient (Wildman–Crippen LogP) is -0.140. The van der Waals surface area contributed by atoms with Crippen LogP contribution in [0.2, 0.25) is 0 Å². The first-order chi connectivity index (χ1) is 7.54. The van der Waals surface area contributed by atoms with E-state index < -0.39 is 11.6 Å². The zero-order valence-electron chi connectivity index (χ0n) is 9.33. The van der Waals surface area contributed by atoms with Crippen LogP contribution < -0.4 is 16.8 Å². The molecule has 2 amide bonds. The normalized spacial score (nSPS) is 18.8. The summed E-state index contributed by atoms with van der Waals surface area (Å²) in [7, 11) is 0. The van der Waals surface area contributed by atoms with Crippen LogP contribution in [-0.4, -0.2) is 30.7 Å². The molecule has 1 rings (SSSR count). The second kappa shape index (κ2) is 5.69. The van der Waals surface area contributed by atoms with Crippen molar-refractivity contribution in [1.82, 2.24) is 5.32 Å². The van der Waals surface area contributed by atoms with Crippen LogP contribution in [0.5, 0.6) is 0 Å². The summed E-state index contributed by atoms with van der Waals surface area (Å²) < 4.78 is 4.50. The lowest BCUT2D eigenvalue weighted by Gasteiger charge is -2.31. The summed E-state index contributed by atoms with van der Waals surface area (Å²) in [6, 6.07) is 0. The lowest BCUT2D eigenvalue weighted by atomic mass is 9.82. The molecule has 6 nitrogen and oxygen atoms in total. The molecule has 0 saturated heterocycles. The van der Waals surface area contributed by atoms with Crippen molar-refractivity contribution in [3.8, 4) is 0 Å². The van der Waals surface area contributed by atoms with Gasteiger partial charge in [-0.25, -0.2) is 4.79 Å². The fraction of sp³-hybridized carbons (Fsp3) is 0.800. The fourth-order valence-corrected chi connectivity index (χ4v) is 1.90. The van der Waals surface area contributed by atoms with Gasteiger partial charge in [-0.3, -0.25) is 4.79 Å². The van der Waals surface area contributed by atoms with E-state index in [0.29, 0.717) is 0 Å². The maximum atomic E-state index is 11.8. The molecule has 0 heterocycles. The first kappa shape index (κ1) is 12.8. The highest BCUT2D eigenvalue weighted by atomic mass is 16.5. The Morgan fingerprint density at radius 1 is 1.25 bits per heavy atom. The summed E-state index contributed by atoms with van der Waals surface area (Å²) in [5, 5.41) is 2.65. The SMILES string of the molecule is NC(=O)OCCNC(=O)C1(N)CCCCC1. The van der Waals surface area contributed by atoms with E-state index in [2.05, 4.69) is 10.1 Å². The number of ether oxygens (including phenoxy) is 1. The minimum Gasteiger partial charge on any atom is -0.448 e. The van der Waals surface area contributed by atoms with Gasteiger partial charge < -0.3 is 21.5 Å². The lowest BCUT2D eigenvalue weighted by molar-refractivity contribution is -0.127. The quantitative estimate of drug-likeness (QED) is 0.583. The molecule has 0 radical (unpaired) electrons. The van der Waals surface area contributed by atoms with Gasteiger partial charge in [0.1, 0.15) is 6.61 Å². The molecule has 0 bridgehead atoms. The zero-order chi connectivity index (χ0) is 12.0. The van der Waals surface area contributed by atoms with E-state index in [4.69, 9.17) is 11.5 Å². The smallest absolute Gasteiger partial charge is 0.404 e. The Labute approximate surface area is 94.7 Å². The van der Waals surface area contributed by atoms with E-state index in [0.717, 1.165) is 32.1 Å². The van der Waals surface area contributed by atoms with Gasteiger partial charge in [0.15, 0.2) is 0 Å². The van der Waals surface area contributed by atoms with Gasteiger partial charge in [0.2, 0.25) is 5.91 Å². The molecule has 0 spiro atoms. The van der Waals surface area contributed by atoms with Crippen molar-refractivity contribution >= 4 is 12.0 Å². The molecule has 0 aromatic heterocycles. The van der Waals surface area contributed by atoms with Gasteiger partial charge in [-0.15, -0.1) is 0 Å². The number of hydrogen-bond donors (Lipinski definition) is 3. The fourth-order valence-electron chi connectivity index (χ4n) is 1.90. The first-order valence-electron chi connectivity index (χ1n) is 5.54. The van der Waals surface area contributed by atoms with Gasteiger partial charge in [0.05, 0.1) is 12.1 Å². The van der Waals surface area contributed by atoms with E-state index in [1.807, 2.05) is 0 Å². The van der Waals surface area contributed by atoms with Gasteiger partial charge in [0.25, 0.3) is 0 Å². The van der Waals surface area contributed by atoms with E-state index in [-0.39, 0.29) is 19.1 Å². The Kier molecular flexibility index (Phi) is 4.54. The number of primary amides is 1. The predicted molar refractivity (Wildman–Crippen MR) is 58.5 cm³/mol. The summed E-state index contributed by atoms with van der Waals surface area (Å²) in [6.07, 6.45) is 3.71. The third-order valence-corrected chi connectivity index (χ3v) is 2.83. The number of carbonyl (C=O) groups excluding carboxylic acids is 2. The van der Waals surface area contributed by atoms with Crippen LogP contribution in [0.3, 0.4) is 0 Å². The maximum absolute atomic E-state index is 11.8. The highest BCUT2D eigenvalue weighted by Crippen LogP contribution is 2.25. The average molecular weight is 229 g/mol. The topological polar surface area (TPSA) is 107 Å². The van der Waals surface area contributed by atoms with Crippen molar-refractivity contribution in [3.63, 3.8) is 0 Å². The van der Waals surface area contributed by atoms with Crippen LogP contribution in [0.25, 0.3) is 0 Å². The number of amides is 2. The Hall–Kier alpha value is -1.30. The Balaban J connectivity index is 2.25. The Morgan fingerprint density at radius 2 is 1.88 bits per heavy atom. The molecule has 16 heavy (non-hydrogen) atoms. The van der Waals surface area contributed by atoms with E-state index in [1.165, 1.54) is 0 Å². The Bertz CT molecular complexity index is 262. The number of hydrogen-bond acceptors (Lipinski definition) is 4. The van der Waals surface area contributed by atoms with Gasteiger partial charge >= 0.3 is 6.09 Å². The lowest BCUT2D eigenvalue weighted by Crippen LogP contribution is -2.55. The molecule has 0 atom stereocenters. The molecule has 1 saturated carbocycles. The summed E-state index contributed by atoms with van der Waals surface area (Å²) in [6.45, 7) is 0.331. The molecule has 1 aliphatic rings. The molecule has 0 unspecified atom stereocenters. The molecule has 1 fully saturated rings. The zero-order valence-corrected chi connectivity index (χ0v) is 9.33. The standard InChI is InChI=1S/C10H19N3O3/c11-9(15)16-7-6-13-8(14)10(12)4-2-1-3-5-10/h1-7,12H2,(H2,11,15)(H,13,14). The number of nitrogens with one attached hydrogen (secondary N) is 1. The van der Waals surface area contributed by atoms with E-state index >= 15 is 0 Å². The largest absolute Gasteiger partial charge is 0.448 e. The highest BCUT2D eigenvalue weighted by molar-refractivity contribution is 5.86. The summed E-state index contributed by atoms with van der Waals surface area (Å²) >= 11 is 0. The van der Waals surface area contributed by atoms with E-state index in [1.54, 1.807) is 0 Å². The van der Waals surface area contributed by atoms with Gasteiger partial charge in [-0.05, 0) is 12.8 Å². The molecular weight excluding hydrogens is 210 g/mol. The summed E-state index contributed by atoms with van der Waals surface area (Å²) in [5.74, 6) is -0.166. The van der Waals surface area contributed by atoms with Crippen LogP contribution in [-0.2, 0) is 9.53 Å². The second-order valence-electron chi connectivity index (χ2n) is 4.14. The average Bonchev–Trinajstić information content (AvgIpc) is 2.25. The maximum Gasteiger partial charge on any atom is 0.404 e. The van der Waals surface area contributed by atoms with Crippen molar-refractivity contribution in [2.45, 2.75) is 37.6 Å². The minimum absolute atomic E-state index is 0.0805. The summed E-state index contributed by atoms with van der Waals surface area (Å²) in [4.78, 5) is 22.0. The third kappa shape index (κ3) is 3.69. The van der Waals surface area contributed by atoms with Crippen LogP contribution in [0.1, 0.15) is 32.1 Å². The van der Waals surface area contributed by atoms with E-state index in [9.17, 15) is 9.59 Å². The monoisotopic (exact) mass is 229 g/mol. The number of carbonyl (C=O) groups is 2. The van der Waals surface area contributed by atoms with Crippen LogP contribution in [0, 0.1) is 0 Å². The van der Waals surface area contributed by atoms with Crippen molar-refractivity contribution in [2.24, 2.45) is 11.5 Å². The van der Waals surface area contributed by atoms with Crippen LogP contribution >= 0.6 is 0 Å². The summed E-state index contributed by atoms with van der Waals surface area (Å²) in [5.41, 5.74) is 10.0. The van der Waals surface area contributed by atoms with Gasteiger partial charge in [-0.1, -0.05) is 19.3 Å². The van der Waals surface area contributed by atoms with Crippen molar-refractivity contribution < 1.29 is 14.3 Å². The molecular formula is C10H19N3O3. The van der Waals surface area contributed by atoms with Crippen LogP contribution in [0.4, 0.5) is 4.79 Å². The van der Waals surface area contributed by atoms with Gasteiger partial charge in [-0.2, -0.15) is 0 Å². The minimum atomic E-state index is -0.839. The molecule has 6 heteroatoms. The molecule has 0 aromatic rings. The molecule has 0 aromatic carbocycles. The molecule has 92 valence electrons. The Morgan fingerprint density at radius 3 is 2.44 bits per heavy atom.